The standard InChI is InChI=1S/C10H11FN2O5/c11-8-3-6(1-2-9(8)13(17)18)10(16)12-4-7(15)5-14/h1-3,7,14-15H,4-5H2,(H,12,16). The van der Waals surface area contributed by atoms with Crippen LogP contribution in [0.3, 0.4) is 0 Å². The zero-order valence-electron chi connectivity index (χ0n) is 9.17. The molecule has 0 aromatic heterocycles. The molecule has 18 heavy (non-hydrogen) atoms. The molecular weight excluding hydrogens is 247 g/mol. The quantitative estimate of drug-likeness (QED) is 0.500. The molecule has 0 aliphatic carbocycles. The highest BCUT2D eigenvalue weighted by molar-refractivity contribution is 5.94. The van der Waals surface area contributed by atoms with Crippen molar-refractivity contribution in [2.75, 3.05) is 13.2 Å². The molecule has 7 nitrogen and oxygen atoms in total. The van der Waals surface area contributed by atoms with Crippen molar-refractivity contribution in [1.29, 1.82) is 0 Å². The fourth-order valence-electron chi connectivity index (χ4n) is 1.17. The van der Waals surface area contributed by atoms with Crippen LogP contribution in [0.25, 0.3) is 0 Å². The van der Waals surface area contributed by atoms with Gasteiger partial charge in [-0.2, -0.15) is 4.39 Å². The van der Waals surface area contributed by atoms with E-state index in [-0.39, 0.29) is 12.1 Å². The lowest BCUT2D eigenvalue weighted by Crippen LogP contribution is -2.33. The van der Waals surface area contributed by atoms with Gasteiger partial charge in [-0.05, 0) is 12.1 Å². The third-order valence-corrected chi connectivity index (χ3v) is 2.12. The zero-order chi connectivity index (χ0) is 13.7. The molecule has 1 aromatic rings. The number of aliphatic hydroxyl groups is 2. The molecule has 98 valence electrons. The maximum atomic E-state index is 13.2. The predicted octanol–water partition coefficient (Wildman–Crippen LogP) is -0.183. The molecule has 0 fully saturated rings. The van der Waals surface area contributed by atoms with Crippen LogP contribution in [0.2, 0.25) is 0 Å². The van der Waals surface area contributed by atoms with E-state index in [1.807, 2.05) is 0 Å². The molecule has 1 unspecified atom stereocenters. The van der Waals surface area contributed by atoms with Crippen molar-refractivity contribution in [3.8, 4) is 0 Å². The Bertz CT molecular complexity index is 466. The number of carbonyl (C=O) groups excluding carboxylic acids is 1. The van der Waals surface area contributed by atoms with Gasteiger partial charge in [0, 0.05) is 18.2 Å². The number of nitrogens with zero attached hydrogens (tertiary/aromatic N) is 1. The van der Waals surface area contributed by atoms with Crippen molar-refractivity contribution in [1.82, 2.24) is 5.32 Å². The first-order valence-corrected chi connectivity index (χ1v) is 4.96. The number of nitrogens with one attached hydrogen (secondary N) is 1. The lowest BCUT2D eigenvalue weighted by Gasteiger charge is -2.08. The van der Waals surface area contributed by atoms with Gasteiger partial charge in [-0.25, -0.2) is 0 Å². The highest BCUT2D eigenvalue weighted by atomic mass is 19.1. The molecule has 0 bridgehead atoms. The van der Waals surface area contributed by atoms with Gasteiger partial charge in [0.2, 0.25) is 5.82 Å². The second kappa shape index (κ2) is 6.03. The Morgan fingerprint density at radius 1 is 1.56 bits per heavy atom. The smallest absolute Gasteiger partial charge is 0.304 e. The molecule has 0 radical (unpaired) electrons. The van der Waals surface area contributed by atoms with Gasteiger partial charge in [0.05, 0.1) is 17.6 Å². The van der Waals surface area contributed by atoms with E-state index in [0.717, 1.165) is 18.2 Å². The van der Waals surface area contributed by atoms with Crippen LogP contribution in [0.5, 0.6) is 0 Å². The summed E-state index contributed by atoms with van der Waals surface area (Å²) >= 11 is 0. The molecule has 0 spiro atoms. The predicted molar refractivity (Wildman–Crippen MR) is 58.5 cm³/mol. The summed E-state index contributed by atoms with van der Waals surface area (Å²) in [5.74, 6) is -1.81. The van der Waals surface area contributed by atoms with Crippen LogP contribution in [-0.4, -0.2) is 40.3 Å². The van der Waals surface area contributed by atoms with E-state index in [2.05, 4.69) is 5.32 Å². The molecule has 1 rings (SSSR count). The molecule has 0 saturated heterocycles. The molecule has 1 atom stereocenters. The Balaban J connectivity index is 2.76. The fraction of sp³-hybridized carbons (Fsp3) is 0.300. The van der Waals surface area contributed by atoms with E-state index in [1.54, 1.807) is 0 Å². The number of rotatable bonds is 5. The Hall–Kier alpha value is -2.06. The minimum atomic E-state index is -1.12. The van der Waals surface area contributed by atoms with Gasteiger partial charge >= 0.3 is 5.69 Å². The lowest BCUT2D eigenvalue weighted by atomic mass is 10.2. The summed E-state index contributed by atoms with van der Waals surface area (Å²) in [7, 11) is 0. The highest BCUT2D eigenvalue weighted by Gasteiger charge is 2.16. The van der Waals surface area contributed by atoms with Crippen LogP contribution in [0.1, 0.15) is 10.4 Å². The molecule has 0 aliphatic rings. The fourth-order valence-corrected chi connectivity index (χ4v) is 1.17. The lowest BCUT2D eigenvalue weighted by molar-refractivity contribution is -0.387. The summed E-state index contributed by atoms with van der Waals surface area (Å²) in [6.07, 6.45) is -1.11. The minimum Gasteiger partial charge on any atom is -0.394 e. The van der Waals surface area contributed by atoms with Gasteiger partial charge in [-0.15, -0.1) is 0 Å². The summed E-state index contributed by atoms with van der Waals surface area (Å²) in [6.45, 7) is -0.719. The molecule has 3 N–H and O–H groups in total. The van der Waals surface area contributed by atoms with E-state index < -0.39 is 35.0 Å². The largest absolute Gasteiger partial charge is 0.394 e. The maximum Gasteiger partial charge on any atom is 0.304 e. The summed E-state index contributed by atoms with van der Waals surface area (Å²) in [5, 5.41) is 30.1. The second-order valence-electron chi connectivity index (χ2n) is 3.47. The summed E-state index contributed by atoms with van der Waals surface area (Å²) in [4.78, 5) is 20.9. The van der Waals surface area contributed by atoms with Crippen molar-refractivity contribution in [3.63, 3.8) is 0 Å². The Kier molecular flexibility index (Phi) is 4.69. The van der Waals surface area contributed by atoms with Gasteiger partial charge in [-0.3, -0.25) is 14.9 Å². The zero-order valence-corrected chi connectivity index (χ0v) is 9.17. The first-order valence-electron chi connectivity index (χ1n) is 4.96. The molecule has 1 aromatic carbocycles. The van der Waals surface area contributed by atoms with E-state index in [4.69, 9.17) is 10.2 Å². The van der Waals surface area contributed by atoms with Crippen molar-refractivity contribution in [2.45, 2.75) is 6.10 Å². The first-order chi connectivity index (χ1) is 8.45. The number of carbonyl (C=O) groups is 1. The topological polar surface area (TPSA) is 113 Å². The second-order valence-corrected chi connectivity index (χ2v) is 3.47. The highest BCUT2D eigenvalue weighted by Crippen LogP contribution is 2.17. The molecule has 0 saturated carbocycles. The number of benzene rings is 1. The molecule has 0 heterocycles. The number of aliphatic hydroxyl groups excluding tert-OH is 2. The van der Waals surface area contributed by atoms with Crippen LogP contribution >= 0.6 is 0 Å². The minimum absolute atomic E-state index is 0.108. The molecular formula is C10H11FN2O5. The third kappa shape index (κ3) is 3.47. The van der Waals surface area contributed by atoms with Crippen LogP contribution in [0.4, 0.5) is 10.1 Å². The van der Waals surface area contributed by atoms with Crippen molar-refractivity contribution >= 4 is 11.6 Å². The van der Waals surface area contributed by atoms with Gasteiger partial charge in [0.15, 0.2) is 0 Å². The molecule has 1 amide bonds. The van der Waals surface area contributed by atoms with Gasteiger partial charge in [-0.1, -0.05) is 0 Å². The van der Waals surface area contributed by atoms with Crippen molar-refractivity contribution < 1.29 is 24.3 Å². The number of amides is 1. The SMILES string of the molecule is O=C(NCC(O)CO)c1ccc([N+](=O)[O-])c(F)c1. The van der Waals surface area contributed by atoms with Crippen molar-refractivity contribution in [2.24, 2.45) is 0 Å². The van der Waals surface area contributed by atoms with Crippen LogP contribution in [0.15, 0.2) is 18.2 Å². The van der Waals surface area contributed by atoms with E-state index >= 15 is 0 Å². The van der Waals surface area contributed by atoms with Gasteiger partial charge in [0.1, 0.15) is 0 Å². The number of hydrogen-bond acceptors (Lipinski definition) is 5. The number of halogens is 1. The Morgan fingerprint density at radius 2 is 2.22 bits per heavy atom. The summed E-state index contributed by atoms with van der Waals surface area (Å²) in [6, 6.07) is 2.72. The van der Waals surface area contributed by atoms with Gasteiger partial charge < -0.3 is 15.5 Å². The number of nitro groups is 1. The summed E-state index contributed by atoms with van der Waals surface area (Å²) < 4.78 is 13.2. The van der Waals surface area contributed by atoms with Crippen molar-refractivity contribution in [3.05, 3.63) is 39.7 Å². The summed E-state index contributed by atoms with van der Waals surface area (Å²) in [5.41, 5.74) is -0.829. The number of nitro benzene ring substituents is 1. The third-order valence-electron chi connectivity index (χ3n) is 2.12. The molecule has 8 heteroatoms. The van der Waals surface area contributed by atoms with Crippen LogP contribution in [0, 0.1) is 15.9 Å². The van der Waals surface area contributed by atoms with Crippen LogP contribution < -0.4 is 5.32 Å². The van der Waals surface area contributed by atoms with E-state index in [1.165, 1.54) is 0 Å². The maximum absolute atomic E-state index is 13.2. The Morgan fingerprint density at radius 3 is 2.72 bits per heavy atom. The average molecular weight is 258 g/mol. The monoisotopic (exact) mass is 258 g/mol. The molecule has 0 aliphatic heterocycles. The number of hydrogen-bond donors (Lipinski definition) is 3. The Labute approximate surface area is 101 Å². The van der Waals surface area contributed by atoms with E-state index in [9.17, 15) is 19.3 Å². The van der Waals surface area contributed by atoms with E-state index in [0.29, 0.717) is 0 Å². The first kappa shape index (κ1) is 14.0. The van der Waals surface area contributed by atoms with Crippen LogP contribution in [-0.2, 0) is 0 Å². The van der Waals surface area contributed by atoms with Gasteiger partial charge in [0.25, 0.3) is 5.91 Å². The normalized spacial score (nSPS) is 11.9. The average Bonchev–Trinajstić information content (AvgIpc) is 2.34.